The Hall–Kier alpha value is -3.20. The van der Waals surface area contributed by atoms with Gasteiger partial charge in [-0.05, 0) is 30.8 Å². The zero-order chi connectivity index (χ0) is 18.9. The minimum Gasteiger partial charge on any atom is -0.500 e. The maximum atomic E-state index is 11.0. The average Bonchev–Trinajstić information content (AvgIpc) is 2.63. The molecule has 3 N–H and O–H groups in total. The zero-order valence-electron chi connectivity index (χ0n) is 14.0. The van der Waals surface area contributed by atoms with E-state index in [0.717, 1.165) is 5.56 Å². The van der Waals surface area contributed by atoms with Crippen molar-refractivity contribution in [1.29, 1.82) is 0 Å². The predicted octanol–water partition coefficient (Wildman–Crippen LogP) is 2.70. The number of rotatable bonds is 7. The van der Waals surface area contributed by atoms with Crippen LogP contribution >= 0.6 is 12.2 Å². The molecule has 0 saturated heterocycles. The quantitative estimate of drug-likeness (QED) is 0.296. The lowest BCUT2D eigenvalue weighted by Crippen LogP contribution is -2.31. The number of phenolic OH excluding ortho intramolecular Hbond substituents is 1. The van der Waals surface area contributed by atoms with Crippen LogP contribution in [0.15, 0.2) is 47.6 Å². The van der Waals surface area contributed by atoms with Crippen molar-refractivity contribution < 1.29 is 14.8 Å². The van der Waals surface area contributed by atoms with Crippen molar-refractivity contribution in [2.75, 3.05) is 6.61 Å². The summed E-state index contributed by atoms with van der Waals surface area (Å²) in [5.41, 5.74) is 3.63. The van der Waals surface area contributed by atoms with E-state index < -0.39 is 16.4 Å². The Morgan fingerprint density at radius 2 is 2.12 bits per heavy atom. The minimum atomic E-state index is -0.686. The third kappa shape index (κ3) is 5.42. The number of ether oxygens (including phenoxy) is 1. The molecule has 0 aliphatic rings. The molecule has 2 rings (SSSR count). The Morgan fingerprint density at radius 3 is 2.77 bits per heavy atom. The highest BCUT2D eigenvalue weighted by Gasteiger charge is 2.19. The molecule has 0 unspecified atom stereocenters. The molecule has 0 heterocycles. The van der Waals surface area contributed by atoms with Crippen molar-refractivity contribution >= 4 is 29.2 Å². The molecule has 2 aromatic carbocycles. The number of benzene rings is 2. The maximum Gasteiger partial charge on any atom is 0.315 e. The largest absolute Gasteiger partial charge is 0.500 e. The zero-order valence-corrected chi connectivity index (χ0v) is 14.8. The normalized spacial score (nSPS) is 10.5. The van der Waals surface area contributed by atoms with E-state index in [-0.39, 0.29) is 12.4 Å². The highest BCUT2D eigenvalue weighted by molar-refractivity contribution is 7.80. The molecular weight excluding hydrogens is 356 g/mol. The second kappa shape index (κ2) is 9.33. The summed E-state index contributed by atoms with van der Waals surface area (Å²) in [6.45, 7) is 2.52. The highest BCUT2D eigenvalue weighted by Crippen LogP contribution is 2.36. The first kappa shape index (κ1) is 19.1. The standard InChI is InChI=1S/C17H18N4O4S/c1-2-25-15-9-13(8-14(16(15)22)21(23)24)11-19-20-17(26)18-10-12-6-4-3-5-7-12/h3-9,11,22H,2,10H2,1H3,(H2,18,20,26)/b19-11+. The smallest absolute Gasteiger partial charge is 0.315 e. The van der Waals surface area contributed by atoms with E-state index >= 15 is 0 Å². The molecule has 0 atom stereocenters. The summed E-state index contributed by atoms with van der Waals surface area (Å²) in [4.78, 5) is 10.3. The number of hydrogen-bond acceptors (Lipinski definition) is 6. The van der Waals surface area contributed by atoms with E-state index in [9.17, 15) is 15.2 Å². The van der Waals surface area contributed by atoms with Gasteiger partial charge in [0, 0.05) is 18.2 Å². The molecule has 0 aliphatic carbocycles. The van der Waals surface area contributed by atoms with Crippen molar-refractivity contribution in [2.24, 2.45) is 5.10 Å². The van der Waals surface area contributed by atoms with Crippen LogP contribution in [0, 0.1) is 10.1 Å². The van der Waals surface area contributed by atoms with Crippen LogP contribution in [0.3, 0.4) is 0 Å². The molecule has 9 heteroatoms. The van der Waals surface area contributed by atoms with Gasteiger partial charge in [0.1, 0.15) is 0 Å². The third-order valence-electron chi connectivity index (χ3n) is 3.25. The maximum absolute atomic E-state index is 11.0. The first-order chi connectivity index (χ1) is 12.5. The van der Waals surface area contributed by atoms with Crippen LogP contribution < -0.4 is 15.5 Å². The van der Waals surface area contributed by atoms with E-state index in [1.165, 1.54) is 18.3 Å². The predicted molar refractivity (Wildman–Crippen MR) is 103 cm³/mol. The molecule has 0 aromatic heterocycles. The van der Waals surface area contributed by atoms with Crippen LogP contribution in [0.4, 0.5) is 5.69 Å². The summed E-state index contributed by atoms with van der Waals surface area (Å²) in [6.07, 6.45) is 1.35. The number of hydrazone groups is 1. The number of aromatic hydroxyl groups is 1. The van der Waals surface area contributed by atoms with Crippen molar-refractivity contribution in [3.8, 4) is 11.5 Å². The van der Waals surface area contributed by atoms with Gasteiger partial charge in [0.2, 0.25) is 5.75 Å². The van der Waals surface area contributed by atoms with E-state index in [4.69, 9.17) is 17.0 Å². The van der Waals surface area contributed by atoms with Crippen LogP contribution in [0.1, 0.15) is 18.1 Å². The van der Waals surface area contributed by atoms with E-state index in [1.807, 2.05) is 30.3 Å². The molecule has 0 bridgehead atoms. The molecule has 2 aromatic rings. The number of nitrogens with zero attached hydrogens (tertiary/aromatic N) is 2. The number of thiocarbonyl (C=S) groups is 1. The Morgan fingerprint density at radius 1 is 1.38 bits per heavy atom. The average molecular weight is 374 g/mol. The molecule has 8 nitrogen and oxygen atoms in total. The highest BCUT2D eigenvalue weighted by atomic mass is 32.1. The number of nitro benzene ring substituents is 1. The lowest BCUT2D eigenvalue weighted by Gasteiger charge is -2.08. The van der Waals surface area contributed by atoms with Crippen LogP contribution in [0.5, 0.6) is 11.5 Å². The second-order valence-corrected chi connectivity index (χ2v) is 5.52. The molecule has 0 fully saturated rings. The lowest BCUT2D eigenvalue weighted by atomic mass is 10.2. The van der Waals surface area contributed by atoms with Gasteiger partial charge in [0.05, 0.1) is 17.7 Å². The minimum absolute atomic E-state index is 0.0212. The summed E-state index contributed by atoms with van der Waals surface area (Å²) in [6, 6.07) is 12.4. The summed E-state index contributed by atoms with van der Waals surface area (Å²) in [5, 5.41) is 28.1. The Bertz CT molecular complexity index is 812. The fourth-order valence-electron chi connectivity index (χ4n) is 2.08. The number of nitro groups is 1. The second-order valence-electron chi connectivity index (χ2n) is 5.12. The van der Waals surface area contributed by atoms with Crippen LogP contribution in [-0.4, -0.2) is 28.0 Å². The monoisotopic (exact) mass is 374 g/mol. The molecule has 0 spiro atoms. The van der Waals surface area contributed by atoms with Crippen molar-refractivity contribution in [2.45, 2.75) is 13.5 Å². The Balaban J connectivity index is 2.00. The van der Waals surface area contributed by atoms with Gasteiger partial charge in [-0.1, -0.05) is 30.3 Å². The number of phenols is 1. The topological polar surface area (TPSA) is 109 Å². The summed E-state index contributed by atoms with van der Waals surface area (Å²) < 4.78 is 5.21. The molecule has 0 amide bonds. The summed E-state index contributed by atoms with van der Waals surface area (Å²) >= 11 is 5.12. The summed E-state index contributed by atoms with van der Waals surface area (Å²) in [5.74, 6) is -0.491. The van der Waals surface area contributed by atoms with Crippen LogP contribution in [-0.2, 0) is 6.54 Å². The van der Waals surface area contributed by atoms with E-state index in [0.29, 0.717) is 17.2 Å². The van der Waals surface area contributed by atoms with E-state index in [1.54, 1.807) is 6.92 Å². The first-order valence-electron chi connectivity index (χ1n) is 7.76. The SMILES string of the molecule is CCOc1cc(/C=N/NC(=S)NCc2ccccc2)cc([N+](=O)[O-])c1O. The fraction of sp³-hybridized carbons (Fsp3) is 0.176. The van der Waals surface area contributed by atoms with Crippen LogP contribution in [0.25, 0.3) is 0 Å². The van der Waals surface area contributed by atoms with Gasteiger partial charge in [0.15, 0.2) is 10.9 Å². The fourth-order valence-corrected chi connectivity index (χ4v) is 2.20. The van der Waals surface area contributed by atoms with Gasteiger partial charge >= 0.3 is 5.69 Å². The molecule has 0 aliphatic heterocycles. The molecule has 0 saturated carbocycles. The summed E-state index contributed by atoms with van der Waals surface area (Å²) in [7, 11) is 0. The first-order valence-corrected chi connectivity index (χ1v) is 8.17. The molecular formula is C17H18N4O4S. The van der Waals surface area contributed by atoms with Crippen LogP contribution in [0.2, 0.25) is 0 Å². The van der Waals surface area contributed by atoms with Gasteiger partial charge in [0.25, 0.3) is 0 Å². The van der Waals surface area contributed by atoms with Gasteiger partial charge in [-0.25, -0.2) is 0 Å². The van der Waals surface area contributed by atoms with Crippen molar-refractivity contribution in [3.63, 3.8) is 0 Å². The van der Waals surface area contributed by atoms with Gasteiger partial charge < -0.3 is 15.2 Å². The van der Waals surface area contributed by atoms with Crippen molar-refractivity contribution in [1.82, 2.24) is 10.7 Å². The van der Waals surface area contributed by atoms with Gasteiger partial charge in [-0.3, -0.25) is 15.5 Å². The molecule has 0 radical (unpaired) electrons. The van der Waals surface area contributed by atoms with Gasteiger partial charge in [-0.2, -0.15) is 5.10 Å². The Kier molecular flexibility index (Phi) is 6.86. The lowest BCUT2D eigenvalue weighted by molar-refractivity contribution is -0.386. The van der Waals surface area contributed by atoms with Crippen molar-refractivity contribution in [3.05, 3.63) is 63.7 Å². The number of nitrogens with one attached hydrogen (secondary N) is 2. The molecule has 26 heavy (non-hydrogen) atoms. The third-order valence-corrected chi connectivity index (χ3v) is 3.48. The number of hydrogen-bond donors (Lipinski definition) is 3. The van der Waals surface area contributed by atoms with E-state index in [2.05, 4.69) is 15.8 Å². The molecule has 136 valence electrons. The Labute approximate surface area is 155 Å². The van der Waals surface area contributed by atoms with Gasteiger partial charge in [-0.15, -0.1) is 0 Å².